The molecule has 1 aliphatic carbocycles. The van der Waals surface area contributed by atoms with Crippen molar-refractivity contribution in [3.05, 3.63) is 58.7 Å². The van der Waals surface area contributed by atoms with Crippen molar-refractivity contribution in [1.82, 2.24) is 15.2 Å². The number of esters is 1. The SMILES string of the molecule is COC(=O)c1ccc2c(c1)C[C@@]1(CC2)CCN(Cc2ccc3nonc3c2)C1=O. The lowest BCUT2D eigenvalue weighted by atomic mass is 9.70. The summed E-state index contributed by atoms with van der Waals surface area (Å²) in [6, 6.07) is 11.4. The highest BCUT2D eigenvalue weighted by Gasteiger charge is 2.48. The molecule has 1 saturated heterocycles. The number of fused-ring (bicyclic) bond motifs is 2. The Bertz CT molecular complexity index is 1120. The third kappa shape index (κ3) is 2.97. The van der Waals surface area contributed by atoms with Crippen LogP contribution in [0.2, 0.25) is 0 Å². The van der Waals surface area contributed by atoms with Gasteiger partial charge in [-0.05, 0) is 77.0 Å². The van der Waals surface area contributed by atoms with Gasteiger partial charge in [-0.3, -0.25) is 4.79 Å². The van der Waals surface area contributed by atoms with E-state index in [1.54, 1.807) is 6.07 Å². The quantitative estimate of drug-likeness (QED) is 0.638. The fourth-order valence-electron chi connectivity index (χ4n) is 4.69. The summed E-state index contributed by atoms with van der Waals surface area (Å²) in [6.45, 7) is 1.29. The minimum absolute atomic E-state index is 0.199. The number of methoxy groups -OCH3 is 1. The highest BCUT2D eigenvalue weighted by Crippen LogP contribution is 2.44. The Morgan fingerprint density at radius 1 is 1.14 bits per heavy atom. The number of benzene rings is 2. The van der Waals surface area contributed by atoms with E-state index < -0.39 is 0 Å². The van der Waals surface area contributed by atoms with Crippen LogP contribution >= 0.6 is 0 Å². The van der Waals surface area contributed by atoms with Crippen molar-refractivity contribution in [3.63, 3.8) is 0 Å². The van der Waals surface area contributed by atoms with Crippen molar-refractivity contribution in [2.75, 3.05) is 13.7 Å². The molecule has 0 radical (unpaired) electrons. The Balaban J connectivity index is 1.37. The Morgan fingerprint density at radius 2 is 2.00 bits per heavy atom. The van der Waals surface area contributed by atoms with E-state index in [4.69, 9.17) is 9.37 Å². The molecule has 29 heavy (non-hydrogen) atoms. The molecule has 148 valence electrons. The average molecular weight is 391 g/mol. The molecule has 7 nitrogen and oxygen atoms in total. The summed E-state index contributed by atoms with van der Waals surface area (Å²) < 4.78 is 9.60. The van der Waals surface area contributed by atoms with Gasteiger partial charge in [0.2, 0.25) is 5.91 Å². The summed E-state index contributed by atoms with van der Waals surface area (Å²) >= 11 is 0. The van der Waals surface area contributed by atoms with Crippen LogP contribution in [0.15, 0.2) is 41.0 Å². The van der Waals surface area contributed by atoms with E-state index in [2.05, 4.69) is 10.3 Å². The van der Waals surface area contributed by atoms with Crippen LogP contribution in [0.1, 0.15) is 39.9 Å². The Hall–Kier alpha value is -3.22. The summed E-state index contributed by atoms with van der Waals surface area (Å²) in [7, 11) is 1.38. The van der Waals surface area contributed by atoms with E-state index in [9.17, 15) is 9.59 Å². The Kier molecular flexibility index (Phi) is 4.12. The molecule has 1 aliphatic heterocycles. The largest absolute Gasteiger partial charge is 0.465 e. The van der Waals surface area contributed by atoms with Crippen molar-refractivity contribution in [1.29, 1.82) is 0 Å². The molecule has 2 aliphatic rings. The number of ether oxygens (including phenoxy) is 1. The zero-order valence-corrected chi connectivity index (χ0v) is 16.2. The normalized spacial score (nSPS) is 21.0. The molecule has 1 fully saturated rings. The molecule has 5 rings (SSSR count). The molecule has 0 unspecified atom stereocenters. The van der Waals surface area contributed by atoms with Crippen LogP contribution in [-0.2, 0) is 28.9 Å². The first-order chi connectivity index (χ1) is 14.1. The number of aromatic nitrogens is 2. The molecule has 2 aromatic carbocycles. The highest BCUT2D eigenvalue weighted by molar-refractivity contribution is 5.90. The number of hydrogen-bond donors (Lipinski definition) is 0. The number of rotatable bonds is 3. The van der Waals surface area contributed by atoms with Crippen molar-refractivity contribution in [3.8, 4) is 0 Å². The number of nitrogens with zero attached hydrogens (tertiary/aromatic N) is 3. The fourth-order valence-corrected chi connectivity index (χ4v) is 4.69. The van der Waals surface area contributed by atoms with Crippen molar-refractivity contribution in [2.45, 2.75) is 32.2 Å². The lowest BCUT2D eigenvalue weighted by Gasteiger charge is -2.33. The summed E-state index contributed by atoms with van der Waals surface area (Å²) in [4.78, 5) is 27.2. The first-order valence-corrected chi connectivity index (χ1v) is 9.79. The molecule has 7 heteroatoms. The van der Waals surface area contributed by atoms with Gasteiger partial charge in [0.15, 0.2) is 0 Å². The van der Waals surface area contributed by atoms with Gasteiger partial charge in [-0.25, -0.2) is 9.42 Å². The molecule has 1 amide bonds. The zero-order valence-electron chi connectivity index (χ0n) is 16.2. The molecule has 0 N–H and O–H groups in total. The summed E-state index contributed by atoms with van der Waals surface area (Å²) in [6.07, 6.45) is 3.21. The van der Waals surface area contributed by atoms with Gasteiger partial charge in [0, 0.05) is 13.1 Å². The van der Waals surface area contributed by atoms with Crippen LogP contribution in [0.5, 0.6) is 0 Å². The number of amides is 1. The molecule has 0 bridgehead atoms. The molecule has 2 heterocycles. The van der Waals surface area contributed by atoms with Crippen LogP contribution < -0.4 is 0 Å². The van der Waals surface area contributed by atoms with Gasteiger partial charge in [-0.1, -0.05) is 12.1 Å². The van der Waals surface area contributed by atoms with Gasteiger partial charge in [0.25, 0.3) is 0 Å². The number of carbonyl (C=O) groups is 2. The maximum atomic E-state index is 13.4. The number of likely N-dealkylation sites (tertiary alicyclic amines) is 1. The third-order valence-electron chi connectivity index (χ3n) is 6.32. The van der Waals surface area contributed by atoms with E-state index in [1.165, 1.54) is 12.7 Å². The third-order valence-corrected chi connectivity index (χ3v) is 6.32. The Morgan fingerprint density at radius 3 is 2.86 bits per heavy atom. The van der Waals surface area contributed by atoms with Crippen LogP contribution in [0.3, 0.4) is 0 Å². The molecule has 0 saturated carbocycles. The average Bonchev–Trinajstić information content (AvgIpc) is 3.33. The maximum Gasteiger partial charge on any atom is 0.337 e. The van der Waals surface area contributed by atoms with Gasteiger partial charge >= 0.3 is 5.97 Å². The van der Waals surface area contributed by atoms with Crippen LogP contribution in [0.4, 0.5) is 0 Å². The topological polar surface area (TPSA) is 85.5 Å². The second kappa shape index (κ2) is 6.69. The van der Waals surface area contributed by atoms with Gasteiger partial charge in [0.1, 0.15) is 11.0 Å². The summed E-state index contributed by atoms with van der Waals surface area (Å²) in [5.41, 5.74) is 4.90. The lowest BCUT2D eigenvalue weighted by Crippen LogP contribution is -2.38. The van der Waals surface area contributed by atoms with E-state index >= 15 is 0 Å². The zero-order chi connectivity index (χ0) is 20.0. The Labute approximate surface area is 167 Å². The first-order valence-electron chi connectivity index (χ1n) is 9.79. The predicted molar refractivity (Wildman–Crippen MR) is 104 cm³/mol. The van der Waals surface area contributed by atoms with Gasteiger partial charge in [-0.2, -0.15) is 0 Å². The summed E-state index contributed by atoms with van der Waals surface area (Å²) in [5, 5.41) is 7.71. The second-order valence-electron chi connectivity index (χ2n) is 8.00. The molecule has 1 spiro atoms. The minimum Gasteiger partial charge on any atom is -0.465 e. The van der Waals surface area contributed by atoms with Crippen LogP contribution in [0.25, 0.3) is 11.0 Å². The maximum absolute atomic E-state index is 13.4. The van der Waals surface area contributed by atoms with E-state index in [0.717, 1.165) is 36.9 Å². The monoisotopic (exact) mass is 391 g/mol. The minimum atomic E-state index is -0.374. The van der Waals surface area contributed by atoms with Crippen molar-refractivity contribution in [2.24, 2.45) is 5.41 Å². The first kappa shape index (κ1) is 17.8. The summed E-state index contributed by atoms with van der Waals surface area (Å²) in [5.74, 6) is -0.144. The second-order valence-corrected chi connectivity index (χ2v) is 8.00. The molecular formula is C22H21N3O4. The fraction of sp³-hybridized carbons (Fsp3) is 0.364. The number of hydrogen-bond acceptors (Lipinski definition) is 6. The van der Waals surface area contributed by atoms with Gasteiger partial charge < -0.3 is 9.64 Å². The standard InChI is InChI=1S/C22H21N3O4/c1-28-20(26)16-4-3-15-6-7-22(12-17(15)11-16)8-9-25(21(22)27)13-14-2-5-18-19(10-14)24-29-23-18/h2-5,10-11H,6-9,12-13H2,1H3/t22-/m1/s1. The van der Waals surface area contributed by atoms with Crippen LogP contribution in [-0.4, -0.2) is 40.7 Å². The van der Waals surface area contributed by atoms with Crippen molar-refractivity contribution >= 4 is 22.9 Å². The van der Waals surface area contributed by atoms with Gasteiger partial charge in [0.05, 0.1) is 18.1 Å². The van der Waals surface area contributed by atoms with Gasteiger partial charge in [-0.15, -0.1) is 0 Å². The number of aryl methyl sites for hydroxylation is 1. The molecule has 1 atom stereocenters. The lowest BCUT2D eigenvalue weighted by molar-refractivity contribution is -0.137. The van der Waals surface area contributed by atoms with E-state index in [0.29, 0.717) is 29.6 Å². The number of carbonyl (C=O) groups excluding carboxylic acids is 2. The predicted octanol–water partition coefficient (Wildman–Crippen LogP) is 2.92. The smallest absolute Gasteiger partial charge is 0.337 e. The van der Waals surface area contributed by atoms with E-state index in [1.807, 2.05) is 35.2 Å². The molecular weight excluding hydrogens is 370 g/mol. The van der Waals surface area contributed by atoms with Crippen molar-refractivity contribution < 1.29 is 19.0 Å². The van der Waals surface area contributed by atoms with Crippen LogP contribution in [0, 0.1) is 5.41 Å². The highest BCUT2D eigenvalue weighted by atomic mass is 16.6. The molecule has 3 aromatic rings. The van der Waals surface area contributed by atoms with E-state index in [-0.39, 0.29) is 17.3 Å². The molecule has 1 aromatic heterocycles.